The number of ether oxygens (including phenoxy) is 1. The number of rotatable bonds is 13. The first-order chi connectivity index (χ1) is 10.9. The summed E-state index contributed by atoms with van der Waals surface area (Å²) in [7, 11) is 0. The molecule has 0 saturated carbocycles. The smallest absolute Gasteiger partial charge is 0.303 e. The minimum atomic E-state index is -0.657. The van der Waals surface area contributed by atoms with E-state index in [1.165, 1.54) is 64.7 Å². The van der Waals surface area contributed by atoms with E-state index in [0.29, 0.717) is 6.42 Å². The first-order valence-electron chi connectivity index (χ1n) is 9.29. The molecule has 0 unspecified atom stereocenters. The number of unbranched alkanes of at least 4 members (excludes halogenated alkanes) is 10. The first kappa shape index (κ1) is 24.2. The Hall–Kier alpha value is -1.06. The van der Waals surface area contributed by atoms with Crippen LogP contribution in [0.4, 0.5) is 0 Å². The quantitative estimate of drug-likeness (QED) is 0.346. The van der Waals surface area contributed by atoms with Gasteiger partial charge in [-0.2, -0.15) is 0 Å². The molecule has 0 saturated heterocycles. The predicted octanol–water partition coefficient (Wildman–Crippen LogP) is 5.73. The van der Waals surface area contributed by atoms with E-state index in [9.17, 15) is 9.59 Å². The van der Waals surface area contributed by atoms with Gasteiger partial charge in [-0.1, -0.05) is 71.1 Å². The van der Waals surface area contributed by atoms with Crippen LogP contribution in [0, 0.1) is 0 Å². The molecular weight excluding hydrogens is 292 g/mol. The third-order valence-corrected chi connectivity index (χ3v) is 3.40. The SMILES string of the molecule is CC(=O)OC(C)C.CCCCCCCCCCCCCC(=O)O. The summed E-state index contributed by atoms with van der Waals surface area (Å²) in [6.45, 7) is 7.29. The number of carboxylic acid groups (broad SMARTS) is 1. The molecule has 0 radical (unpaired) electrons. The van der Waals surface area contributed by atoms with Gasteiger partial charge in [0.2, 0.25) is 0 Å². The maximum absolute atomic E-state index is 10.3. The lowest BCUT2D eigenvalue weighted by atomic mass is 10.1. The van der Waals surface area contributed by atoms with Gasteiger partial charge in [0.15, 0.2) is 0 Å². The number of carbonyl (C=O) groups excluding carboxylic acids is 1. The lowest BCUT2D eigenvalue weighted by Crippen LogP contribution is -2.06. The van der Waals surface area contributed by atoms with Crippen molar-refractivity contribution in [1.82, 2.24) is 0 Å². The number of esters is 1. The zero-order valence-corrected chi connectivity index (χ0v) is 15.7. The molecule has 0 rings (SSSR count). The molecule has 0 atom stereocenters. The van der Waals surface area contributed by atoms with Crippen molar-refractivity contribution in [2.45, 2.75) is 111 Å². The summed E-state index contributed by atoms with van der Waals surface area (Å²) in [5, 5.41) is 8.46. The molecule has 0 bridgehead atoms. The van der Waals surface area contributed by atoms with Gasteiger partial charge in [0.1, 0.15) is 0 Å². The van der Waals surface area contributed by atoms with E-state index >= 15 is 0 Å². The molecule has 23 heavy (non-hydrogen) atoms. The van der Waals surface area contributed by atoms with Crippen molar-refractivity contribution in [3.63, 3.8) is 0 Å². The summed E-state index contributed by atoms with van der Waals surface area (Å²) < 4.78 is 4.61. The fourth-order valence-electron chi connectivity index (χ4n) is 2.27. The number of hydrogen-bond acceptors (Lipinski definition) is 3. The van der Waals surface area contributed by atoms with Crippen LogP contribution in [0.2, 0.25) is 0 Å². The average molecular weight is 331 g/mol. The highest BCUT2D eigenvalue weighted by atomic mass is 16.5. The molecule has 4 heteroatoms. The van der Waals surface area contributed by atoms with Gasteiger partial charge in [-0.25, -0.2) is 0 Å². The molecule has 0 amide bonds. The van der Waals surface area contributed by atoms with E-state index in [1.54, 1.807) is 0 Å². The summed E-state index contributed by atoms with van der Waals surface area (Å²) in [5.74, 6) is -0.870. The second-order valence-corrected chi connectivity index (χ2v) is 6.34. The summed E-state index contributed by atoms with van der Waals surface area (Å²) in [5.41, 5.74) is 0. The van der Waals surface area contributed by atoms with Crippen molar-refractivity contribution in [3.8, 4) is 0 Å². The predicted molar refractivity (Wildman–Crippen MR) is 95.6 cm³/mol. The van der Waals surface area contributed by atoms with Crippen LogP contribution < -0.4 is 0 Å². The molecule has 0 heterocycles. The van der Waals surface area contributed by atoms with Crippen molar-refractivity contribution >= 4 is 11.9 Å². The third kappa shape index (κ3) is 29.6. The fourth-order valence-corrected chi connectivity index (χ4v) is 2.27. The summed E-state index contributed by atoms with van der Waals surface area (Å²) >= 11 is 0. The van der Waals surface area contributed by atoms with E-state index in [4.69, 9.17) is 5.11 Å². The molecule has 0 spiro atoms. The van der Waals surface area contributed by atoms with Crippen molar-refractivity contribution in [2.75, 3.05) is 0 Å². The number of aliphatic carboxylic acids is 1. The Bertz CT molecular complexity index is 275. The molecular formula is C19H38O4. The summed E-state index contributed by atoms with van der Waals surface area (Å²) in [4.78, 5) is 20.3. The molecule has 0 fully saturated rings. The van der Waals surface area contributed by atoms with Gasteiger partial charge in [-0.05, 0) is 20.3 Å². The largest absolute Gasteiger partial charge is 0.481 e. The lowest BCUT2D eigenvalue weighted by molar-refractivity contribution is -0.144. The minimum absolute atomic E-state index is 0.0255. The number of carbonyl (C=O) groups is 2. The van der Waals surface area contributed by atoms with Crippen LogP contribution in [-0.2, 0) is 14.3 Å². The average Bonchev–Trinajstić information content (AvgIpc) is 2.43. The molecule has 0 aliphatic carbocycles. The van der Waals surface area contributed by atoms with Crippen LogP contribution >= 0.6 is 0 Å². The molecule has 0 aromatic carbocycles. The Morgan fingerprint density at radius 1 is 0.826 bits per heavy atom. The van der Waals surface area contributed by atoms with Crippen molar-refractivity contribution in [1.29, 1.82) is 0 Å². The van der Waals surface area contributed by atoms with Crippen molar-refractivity contribution in [3.05, 3.63) is 0 Å². The van der Waals surface area contributed by atoms with Gasteiger partial charge in [0.05, 0.1) is 6.10 Å². The monoisotopic (exact) mass is 330 g/mol. The zero-order valence-electron chi connectivity index (χ0n) is 15.7. The van der Waals surface area contributed by atoms with Gasteiger partial charge in [-0.15, -0.1) is 0 Å². The zero-order chi connectivity index (χ0) is 17.9. The second-order valence-electron chi connectivity index (χ2n) is 6.34. The molecule has 0 aliphatic heterocycles. The van der Waals surface area contributed by atoms with E-state index in [1.807, 2.05) is 13.8 Å². The fraction of sp³-hybridized carbons (Fsp3) is 0.895. The van der Waals surface area contributed by atoms with Gasteiger partial charge in [0, 0.05) is 13.3 Å². The first-order valence-corrected chi connectivity index (χ1v) is 9.29. The molecule has 138 valence electrons. The van der Waals surface area contributed by atoms with Crippen LogP contribution in [0.5, 0.6) is 0 Å². The van der Waals surface area contributed by atoms with Gasteiger partial charge in [-0.3, -0.25) is 9.59 Å². The Balaban J connectivity index is 0. The molecule has 0 aliphatic rings. The molecule has 4 nitrogen and oxygen atoms in total. The van der Waals surface area contributed by atoms with Crippen LogP contribution in [0.15, 0.2) is 0 Å². The maximum Gasteiger partial charge on any atom is 0.303 e. The Labute approximate surface area is 143 Å². The van der Waals surface area contributed by atoms with Crippen molar-refractivity contribution in [2.24, 2.45) is 0 Å². The Morgan fingerprint density at radius 3 is 1.48 bits per heavy atom. The molecule has 0 aromatic heterocycles. The third-order valence-electron chi connectivity index (χ3n) is 3.40. The Morgan fingerprint density at radius 2 is 1.22 bits per heavy atom. The van der Waals surface area contributed by atoms with Gasteiger partial charge in [0.25, 0.3) is 0 Å². The van der Waals surface area contributed by atoms with Crippen LogP contribution in [0.3, 0.4) is 0 Å². The molecule has 1 N–H and O–H groups in total. The second kappa shape index (κ2) is 19.0. The number of carboxylic acids is 1. The Kier molecular flexibility index (Phi) is 20.0. The summed E-state index contributed by atoms with van der Waals surface area (Å²) in [6.07, 6.45) is 14.4. The maximum atomic E-state index is 10.3. The minimum Gasteiger partial charge on any atom is -0.481 e. The highest BCUT2D eigenvalue weighted by molar-refractivity contribution is 5.66. The topological polar surface area (TPSA) is 63.6 Å². The van der Waals surface area contributed by atoms with E-state index in [0.717, 1.165) is 12.8 Å². The highest BCUT2D eigenvalue weighted by Crippen LogP contribution is 2.11. The van der Waals surface area contributed by atoms with Crippen LogP contribution in [-0.4, -0.2) is 23.1 Å². The van der Waals surface area contributed by atoms with Crippen molar-refractivity contribution < 1.29 is 19.4 Å². The van der Waals surface area contributed by atoms with Gasteiger partial charge < -0.3 is 9.84 Å². The normalized spacial score (nSPS) is 10.1. The van der Waals surface area contributed by atoms with E-state index in [2.05, 4.69) is 11.7 Å². The van der Waals surface area contributed by atoms with Crippen LogP contribution in [0.25, 0.3) is 0 Å². The summed E-state index contributed by atoms with van der Waals surface area (Å²) in [6, 6.07) is 0. The lowest BCUT2D eigenvalue weighted by Gasteiger charge is -2.01. The van der Waals surface area contributed by atoms with Gasteiger partial charge >= 0.3 is 11.9 Å². The van der Waals surface area contributed by atoms with E-state index in [-0.39, 0.29) is 12.1 Å². The standard InChI is InChI=1S/C14H28O2.C5H10O2/c1-2-3-4-5-6-7-8-9-10-11-12-13-14(15)16;1-4(2)7-5(3)6/h2-13H2,1H3,(H,15,16);4H,1-3H3. The molecule has 0 aromatic rings. The van der Waals surface area contributed by atoms with Crippen LogP contribution in [0.1, 0.15) is 105 Å². The highest BCUT2D eigenvalue weighted by Gasteiger charge is 1.96. The number of hydrogen-bond donors (Lipinski definition) is 1. The van der Waals surface area contributed by atoms with E-state index < -0.39 is 5.97 Å².